The number of ketones is 2. The number of allylic oxidation sites excluding steroid dienone is 7. The van der Waals surface area contributed by atoms with Gasteiger partial charge in [-0.05, 0) is 138 Å². The Morgan fingerprint density at radius 1 is 0.467 bits per heavy atom. The molecule has 0 N–H and O–H groups in total. The van der Waals surface area contributed by atoms with Crippen LogP contribution in [0.25, 0.3) is 22.3 Å². The molecule has 0 aromatic heterocycles. The molecule has 0 aliphatic heterocycles. The normalized spacial score (nSPS) is 12.7. The van der Waals surface area contributed by atoms with Crippen LogP contribution in [0, 0.1) is 0 Å². The van der Waals surface area contributed by atoms with Gasteiger partial charge in [0.1, 0.15) is 0 Å². The molecule has 0 amide bonds. The monoisotopic (exact) mass is 1190 g/mol. The molecule has 10 aromatic rings. The van der Waals surface area contributed by atoms with E-state index in [9.17, 15) is 14.4 Å². The van der Waals surface area contributed by atoms with E-state index in [4.69, 9.17) is 14.3 Å². The highest BCUT2D eigenvalue weighted by Crippen LogP contribution is 2.43. The van der Waals surface area contributed by atoms with Crippen LogP contribution in [0.3, 0.4) is 0 Å². The molecular formula is C81H71FN2O6. The zero-order valence-corrected chi connectivity index (χ0v) is 50.1. The van der Waals surface area contributed by atoms with E-state index in [-0.39, 0.29) is 35.8 Å². The quantitative estimate of drug-likeness (QED) is 0.0739. The minimum Gasteiger partial charge on any atom is -0.465 e. The first kappa shape index (κ1) is 64.9. The number of Topliss-reactive ketones (excluding diaryl/α,β-unsaturated/α-hetero) is 2. The van der Waals surface area contributed by atoms with Crippen molar-refractivity contribution in [1.29, 1.82) is 0 Å². The molecule has 8 nitrogen and oxygen atoms in total. The van der Waals surface area contributed by atoms with Crippen LogP contribution >= 0.6 is 0 Å². The number of anilines is 4. The molecule has 0 saturated heterocycles. The third-order valence-corrected chi connectivity index (χ3v) is 15.9. The smallest absolute Gasteiger partial charge is 0.373 e. The number of carbonyl (C=O) groups is 3. The predicted molar refractivity (Wildman–Crippen MR) is 363 cm³/mol. The van der Waals surface area contributed by atoms with E-state index in [1.165, 1.54) is 29.5 Å². The van der Waals surface area contributed by atoms with E-state index in [0.717, 1.165) is 85.0 Å². The predicted octanol–water partition coefficient (Wildman–Crippen LogP) is 18.8. The number of hydrogen-bond acceptors (Lipinski definition) is 8. The van der Waals surface area contributed by atoms with Gasteiger partial charge in [-0.1, -0.05) is 243 Å². The molecule has 9 heteroatoms. The average Bonchev–Trinajstić information content (AvgIpc) is 0.755. The number of esters is 1. The van der Waals surface area contributed by atoms with Gasteiger partial charge in [-0.15, -0.1) is 0 Å². The second-order valence-electron chi connectivity index (χ2n) is 21.6. The fraction of sp³-hybridized carbons (Fsp3) is 0.111. The van der Waals surface area contributed by atoms with Crippen molar-refractivity contribution in [3.05, 3.63) is 357 Å². The summed E-state index contributed by atoms with van der Waals surface area (Å²) in [6.07, 6.45) is 2.86. The highest BCUT2D eigenvalue weighted by molar-refractivity contribution is 6.34. The highest BCUT2D eigenvalue weighted by Gasteiger charge is 2.35. The summed E-state index contributed by atoms with van der Waals surface area (Å²) >= 11 is 0. The number of hydrogen-bond donors (Lipinski definition) is 0. The Morgan fingerprint density at radius 3 is 1.32 bits per heavy atom. The molecule has 10 aromatic carbocycles. The molecule has 0 bridgehead atoms. The standard InChI is InChI=1S/C40H37NO2.C39H29NO2.CO2.CH4.FH/c1-30(39(40(42)43-3)35-21-10-5-11-22-35)27-32-17-16-18-33(28-32)29-38(31(2)34-19-8-4-9-20-34)41(36-23-12-6-13-24-36)37-25-14-7-15-26-37;1-26-22-29-23-30-24-35(40(31-18-10-4-11-19-31)32-20-12-5-13-21-32)37(28-16-8-3-9-17-28)39(42)34(30)25-33(29)38(41)36(26)27-14-6-2-7-15-27;2-1-3;;/h4-26,28H,27,29H2,1-3H3;2-21,23,25H,22,24H2,1H3;;1H4;1H/b38-31-,39-30-;;;;. The molecule has 0 saturated carbocycles. The third-order valence-electron chi connectivity index (χ3n) is 15.9. The molecule has 448 valence electrons. The SMILES string of the molecule is C.CC1=C(c2ccccc2)C(=O)c2cc3c(cc2C1)CC(N(c1ccccc1)c1ccccc1)=C(c1ccccc1)C3=O.COC(=O)/C(=C(/C)Cc1cccc(C/C(=C(\C)c2ccccc2)N(c2ccccc2)c2ccccc2)c1)c1ccccc1.F.O=C=O. The van der Waals surface area contributed by atoms with Gasteiger partial charge >= 0.3 is 12.1 Å². The van der Waals surface area contributed by atoms with Crippen molar-refractivity contribution in [3.8, 4) is 0 Å². The first-order chi connectivity index (χ1) is 43.1. The minimum atomic E-state index is -0.315. The number of methoxy groups -OCH3 is 1. The maximum absolute atomic E-state index is 14.6. The van der Waals surface area contributed by atoms with Gasteiger partial charge in [0.2, 0.25) is 0 Å². The first-order valence-electron chi connectivity index (χ1n) is 29.3. The number of carbonyl (C=O) groups excluding carboxylic acids is 5. The summed E-state index contributed by atoms with van der Waals surface area (Å²) in [5.41, 5.74) is 21.0. The van der Waals surface area contributed by atoms with Gasteiger partial charge in [0.05, 0.1) is 12.7 Å². The zero-order valence-electron chi connectivity index (χ0n) is 50.1. The van der Waals surface area contributed by atoms with Crippen molar-refractivity contribution >= 4 is 68.7 Å². The molecule has 0 atom stereocenters. The Balaban J connectivity index is 0.000000218. The maximum atomic E-state index is 14.6. The number of fused-ring (bicyclic) bond motifs is 2. The number of rotatable bonds is 15. The Labute approximate surface area is 527 Å². The van der Waals surface area contributed by atoms with Gasteiger partial charge in [0.15, 0.2) is 11.6 Å². The van der Waals surface area contributed by atoms with E-state index in [1.54, 1.807) is 0 Å². The largest absolute Gasteiger partial charge is 0.465 e. The molecule has 2 aliphatic carbocycles. The van der Waals surface area contributed by atoms with Crippen LogP contribution in [0.15, 0.2) is 302 Å². The van der Waals surface area contributed by atoms with E-state index < -0.39 is 0 Å². The lowest BCUT2D eigenvalue weighted by Gasteiger charge is -2.34. The van der Waals surface area contributed by atoms with E-state index in [0.29, 0.717) is 41.5 Å². The fourth-order valence-corrected chi connectivity index (χ4v) is 11.9. The van der Waals surface area contributed by atoms with Crippen molar-refractivity contribution < 1.29 is 33.4 Å². The van der Waals surface area contributed by atoms with Crippen molar-refractivity contribution in [2.45, 2.75) is 53.9 Å². The lowest BCUT2D eigenvalue weighted by Crippen LogP contribution is -2.27. The zero-order chi connectivity index (χ0) is 61.4. The molecule has 0 heterocycles. The second-order valence-corrected chi connectivity index (χ2v) is 21.6. The maximum Gasteiger partial charge on any atom is 0.373 e. The van der Waals surface area contributed by atoms with Gasteiger partial charge in [-0.25, -0.2) is 4.79 Å². The summed E-state index contributed by atoms with van der Waals surface area (Å²) in [6.45, 7) is 6.27. The molecule has 90 heavy (non-hydrogen) atoms. The van der Waals surface area contributed by atoms with Crippen LogP contribution < -0.4 is 9.80 Å². The summed E-state index contributed by atoms with van der Waals surface area (Å²) in [5, 5.41) is 0. The van der Waals surface area contributed by atoms with Crippen molar-refractivity contribution in [3.63, 3.8) is 0 Å². The van der Waals surface area contributed by atoms with Crippen LogP contribution in [0.5, 0.6) is 0 Å². The van der Waals surface area contributed by atoms with E-state index in [1.807, 2.05) is 147 Å². The van der Waals surface area contributed by atoms with Crippen LogP contribution in [0.2, 0.25) is 0 Å². The van der Waals surface area contributed by atoms with E-state index >= 15 is 0 Å². The summed E-state index contributed by atoms with van der Waals surface area (Å²) in [5.74, 6) is -0.385. The van der Waals surface area contributed by atoms with Gasteiger partial charge in [-0.3, -0.25) is 14.3 Å². The van der Waals surface area contributed by atoms with Crippen LogP contribution in [-0.2, 0) is 44.8 Å². The average molecular weight is 1190 g/mol. The molecule has 0 spiro atoms. The Morgan fingerprint density at radius 2 is 0.856 bits per heavy atom. The minimum absolute atomic E-state index is 0. The van der Waals surface area contributed by atoms with Gasteiger partial charge in [0.25, 0.3) is 0 Å². The Hall–Kier alpha value is -11.1. The topological polar surface area (TPSA) is 101 Å². The lowest BCUT2D eigenvalue weighted by molar-refractivity contribution is -0.191. The summed E-state index contributed by atoms with van der Waals surface area (Å²) in [7, 11) is 1.44. The van der Waals surface area contributed by atoms with Crippen LogP contribution in [-0.4, -0.2) is 30.8 Å². The Bertz CT molecular complexity index is 4180. The van der Waals surface area contributed by atoms with Crippen molar-refractivity contribution in [1.82, 2.24) is 0 Å². The molecule has 0 unspecified atom stereocenters. The van der Waals surface area contributed by atoms with Crippen LogP contribution in [0.4, 0.5) is 27.5 Å². The van der Waals surface area contributed by atoms with Gasteiger partial charge in [0, 0.05) is 69.3 Å². The van der Waals surface area contributed by atoms with Crippen molar-refractivity contribution in [2.75, 3.05) is 16.9 Å². The fourth-order valence-electron chi connectivity index (χ4n) is 11.9. The number of nitrogens with zero attached hydrogens (tertiary/aromatic N) is 2. The third kappa shape index (κ3) is 14.8. The highest BCUT2D eigenvalue weighted by atomic mass is 19.0. The number of ether oxygens (including phenoxy) is 1. The molecule has 0 radical (unpaired) electrons. The lowest BCUT2D eigenvalue weighted by atomic mass is 9.77. The van der Waals surface area contributed by atoms with E-state index in [2.05, 4.69) is 162 Å². The summed E-state index contributed by atoms with van der Waals surface area (Å²) in [6, 6.07) is 94.2. The molecule has 12 rings (SSSR count). The number of halogens is 1. The Kier molecular flexibility index (Phi) is 22.3. The van der Waals surface area contributed by atoms with Gasteiger partial charge < -0.3 is 14.5 Å². The summed E-state index contributed by atoms with van der Waals surface area (Å²) < 4.78 is 5.17. The van der Waals surface area contributed by atoms with Gasteiger partial charge in [-0.2, -0.15) is 9.59 Å². The molecule has 0 fully saturated rings. The van der Waals surface area contributed by atoms with Crippen molar-refractivity contribution in [2.24, 2.45) is 0 Å². The molecule has 2 aliphatic rings. The number of para-hydroxylation sites is 4. The van der Waals surface area contributed by atoms with Crippen LogP contribution in [0.1, 0.15) is 93.4 Å². The first-order valence-corrected chi connectivity index (χ1v) is 29.3. The second kappa shape index (κ2) is 31.0. The summed E-state index contributed by atoms with van der Waals surface area (Å²) in [4.78, 5) is 62.2. The number of benzene rings is 10. The molecular weight excluding hydrogens is 1120 g/mol.